The quantitative estimate of drug-likeness (QED) is 0.849. The lowest BCUT2D eigenvalue weighted by molar-refractivity contribution is -0.118. The maximum atomic E-state index is 12.0. The molecule has 2 N–H and O–H groups in total. The second kappa shape index (κ2) is 5.30. The van der Waals surface area contributed by atoms with Gasteiger partial charge in [-0.25, -0.2) is 0 Å². The molecule has 1 aromatic carbocycles. The zero-order valence-electron chi connectivity index (χ0n) is 10.9. The highest BCUT2D eigenvalue weighted by Gasteiger charge is 2.28. The van der Waals surface area contributed by atoms with Crippen LogP contribution in [0.25, 0.3) is 0 Å². The number of hydrogen-bond acceptors (Lipinski definition) is 3. The summed E-state index contributed by atoms with van der Waals surface area (Å²) < 4.78 is 0.876. The van der Waals surface area contributed by atoms with Gasteiger partial charge in [-0.05, 0) is 24.6 Å². The van der Waals surface area contributed by atoms with E-state index in [1.807, 2.05) is 19.1 Å². The van der Waals surface area contributed by atoms with Gasteiger partial charge in [0, 0.05) is 24.5 Å². The van der Waals surface area contributed by atoms with Gasteiger partial charge in [0.05, 0.1) is 17.9 Å². The van der Waals surface area contributed by atoms with Crippen molar-refractivity contribution >= 4 is 39.1 Å². The molecule has 0 radical (unpaired) electrons. The third-order valence-electron chi connectivity index (χ3n) is 3.27. The number of rotatable bonds is 1. The van der Waals surface area contributed by atoms with Crippen molar-refractivity contribution in [1.29, 1.82) is 0 Å². The largest absolute Gasteiger partial charge is 0.322 e. The summed E-state index contributed by atoms with van der Waals surface area (Å²) in [5, 5.41) is 0. The fourth-order valence-corrected chi connectivity index (χ4v) is 2.91. The molecule has 0 unspecified atom stereocenters. The highest BCUT2D eigenvalue weighted by Crippen LogP contribution is 2.37. The highest BCUT2D eigenvalue weighted by molar-refractivity contribution is 9.10. The molecular formula is C13H16BrN3O2. The Morgan fingerprint density at radius 1 is 1.47 bits per heavy atom. The van der Waals surface area contributed by atoms with E-state index in [2.05, 4.69) is 15.9 Å². The standard InChI is InChI=1S/C13H16BrN3O2/c1-8-5-9(14)6-10-13(8)16(2)11(18)3-4-17(10)12(19)7-15/h5-6H,3-4,7,15H2,1-2H3. The van der Waals surface area contributed by atoms with Gasteiger partial charge in [0.25, 0.3) is 0 Å². The third kappa shape index (κ3) is 2.50. The summed E-state index contributed by atoms with van der Waals surface area (Å²) in [6, 6.07) is 3.78. The van der Waals surface area contributed by atoms with E-state index in [1.54, 1.807) is 16.8 Å². The van der Waals surface area contributed by atoms with Crippen molar-refractivity contribution in [2.24, 2.45) is 5.73 Å². The van der Waals surface area contributed by atoms with Crippen molar-refractivity contribution in [3.05, 3.63) is 22.2 Å². The minimum atomic E-state index is -0.179. The van der Waals surface area contributed by atoms with Crippen LogP contribution in [0.2, 0.25) is 0 Å². The molecule has 6 heteroatoms. The van der Waals surface area contributed by atoms with Crippen LogP contribution >= 0.6 is 15.9 Å². The Hall–Kier alpha value is -1.40. The second-order valence-electron chi connectivity index (χ2n) is 4.54. The Bertz CT molecular complexity index is 545. The van der Waals surface area contributed by atoms with Crippen LogP contribution in [0.5, 0.6) is 0 Å². The molecule has 1 aliphatic rings. The molecule has 1 heterocycles. The summed E-state index contributed by atoms with van der Waals surface area (Å²) >= 11 is 3.43. The van der Waals surface area contributed by atoms with Crippen molar-refractivity contribution in [3.8, 4) is 0 Å². The number of fused-ring (bicyclic) bond motifs is 1. The van der Waals surface area contributed by atoms with Gasteiger partial charge in [0.2, 0.25) is 11.8 Å². The van der Waals surface area contributed by atoms with E-state index in [9.17, 15) is 9.59 Å². The van der Waals surface area contributed by atoms with Crippen molar-refractivity contribution in [2.75, 3.05) is 29.9 Å². The Morgan fingerprint density at radius 2 is 2.16 bits per heavy atom. The van der Waals surface area contributed by atoms with E-state index in [1.165, 1.54) is 0 Å². The van der Waals surface area contributed by atoms with Gasteiger partial charge in [-0.3, -0.25) is 9.59 Å². The Kier molecular flexibility index (Phi) is 3.91. The molecular weight excluding hydrogens is 310 g/mol. The smallest absolute Gasteiger partial charge is 0.240 e. The van der Waals surface area contributed by atoms with E-state index in [0.29, 0.717) is 13.0 Å². The first-order valence-electron chi connectivity index (χ1n) is 6.03. The number of benzene rings is 1. The molecule has 0 saturated heterocycles. The predicted molar refractivity (Wildman–Crippen MR) is 78.3 cm³/mol. The van der Waals surface area contributed by atoms with E-state index in [0.717, 1.165) is 21.4 Å². The molecule has 0 spiro atoms. The van der Waals surface area contributed by atoms with E-state index in [-0.39, 0.29) is 18.4 Å². The monoisotopic (exact) mass is 325 g/mol. The van der Waals surface area contributed by atoms with Gasteiger partial charge in [-0.1, -0.05) is 15.9 Å². The van der Waals surface area contributed by atoms with Crippen molar-refractivity contribution in [2.45, 2.75) is 13.3 Å². The lowest BCUT2D eigenvalue weighted by atomic mass is 10.1. The van der Waals surface area contributed by atoms with Crippen LogP contribution in [0.4, 0.5) is 11.4 Å². The van der Waals surface area contributed by atoms with E-state index >= 15 is 0 Å². The number of nitrogens with two attached hydrogens (primary N) is 1. The summed E-state index contributed by atoms with van der Waals surface area (Å²) in [6.07, 6.45) is 0.300. The van der Waals surface area contributed by atoms with Crippen LogP contribution in [0, 0.1) is 6.92 Å². The predicted octanol–water partition coefficient (Wildman–Crippen LogP) is 1.42. The number of anilines is 2. The summed E-state index contributed by atoms with van der Waals surface area (Å²) in [5.74, 6) is -0.180. The minimum absolute atomic E-state index is 0.000932. The fourth-order valence-electron chi connectivity index (χ4n) is 2.35. The molecule has 0 bridgehead atoms. The number of nitrogens with zero attached hydrogens (tertiary/aromatic N) is 2. The van der Waals surface area contributed by atoms with E-state index < -0.39 is 0 Å². The van der Waals surface area contributed by atoms with Crippen LogP contribution in [0.15, 0.2) is 16.6 Å². The number of amides is 2. The van der Waals surface area contributed by atoms with Gasteiger partial charge >= 0.3 is 0 Å². The Labute approximate surface area is 120 Å². The van der Waals surface area contributed by atoms with E-state index in [4.69, 9.17) is 5.73 Å². The van der Waals surface area contributed by atoms with Crippen molar-refractivity contribution < 1.29 is 9.59 Å². The number of carbonyl (C=O) groups excluding carboxylic acids is 2. The third-order valence-corrected chi connectivity index (χ3v) is 3.73. The lowest BCUT2D eigenvalue weighted by Gasteiger charge is -2.25. The van der Waals surface area contributed by atoms with Crippen LogP contribution in [0.3, 0.4) is 0 Å². The number of carbonyl (C=O) groups is 2. The van der Waals surface area contributed by atoms with Crippen LogP contribution in [0.1, 0.15) is 12.0 Å². The van der Waals surface area contributed by atoms with Crippen molar-refractivity contribution in [3.63, 3.8) is 0 Å². The summed E-state index contributed by atoms with van der Waals surface area (Å²) in [6.45, 7) is 2.22. The molecule has 0 aromatic heterocycles. The first-order valence-corrected chi connectivity index (χ1v) is 6.82. The zero-order valence-corrected chi connectivity index (χ0v) is 12.5. The molecule has 0 fully saturated rings. The number of hydrogen-bond donors (Lipinski definition) is 1. The van der Waals surface area contributed by atoms with Crippen LogP contribution < -0.4 is 15.5 Å². The number of halogens is 1. The molecule has 0 aliphatic carbocycles. The van der Waals surface area contributed by atoms with Crippen molar-refractivity contribution in [1.82, 2.24) is 0 Å². The molecule has 2 amide bonds. The van der Waals surface area contributed by atoms with Gasteiger partial charge in [-0.15, -0.1) is 0 Å². The molecule has 1 aromatic rings. The van der Waals surface area contributed by atoms with Gasteiger partial charge in [-0.2, -0.15) is 0 Å². The fraction of sp³-hybridized carbons (Fsp3) is 0.385. The maximum Gasteiger partial charge on any atom is 0.240 e. The maximum absolute atomic E-state index is 12.0. The summed E-state index contributed by atoms with van der Waals surface area (Å²) in [4.78, 5) is 27.2. The minimum Gasteiger partial charge on any atom is -0.322 e. The molecule has 102 valence electrons. The SMILES string of the molecule is Cc1cc(Br)cc2c1N(C)C(=O)CCN2C(=O)CN. The topological polar surface area (TPSA) is 66.6 Å². The average Bonchev–Trinajstić information content (AvgIpc) is 2.47. The zero-order chi connectivity index (χ0) is 14.2. The Balaban J connectivity index is 2.64. The van der Waals surface area contributed by atoms with Gasteiger partial charge < -0.3 is 15.5 Å². The molecule has 19 heavy (non-hydrogen) atoms. The highest BCUT2D eigenvalue weighted by atomic mass is 79.9. The molecule has 0 saturated carbocycles. The van der Waals surface area contributed by atoms with Gasteiger partial charge in [0.15, 0.2) is 0 Å². The Morgan fingerprint density at radius 3 is 2.79 bits per heavy atom. The summed E-state index contributed by atoms with van der Waals surface area (Å²) in [5.41, 5.74) is 7.90. The number of aryl methyl sites for hydroxylation is 1. The molecule has 0 atom stereocenters. The first-order chi connectivity index (χ1) is 8.95. The summed E-state index contributed by atoms with van der Waals surface area (Å²) in [7, 11) is 1.73. The average molecular weight is 326 g/mol. The van der Waals surface area contributed by atoms with Gasteiger partial charge in [0.1, 0.15) is 0 Å². The second-order valence-corrected chi connectivity index (χ2v) is 5.46. The van der Waals surface area contributed by atoms with Crippen LogP contribution in [-0.4, -0.2) is 32.0 Å². The normalized spacial score (nSPS) is 15.3. The molecule has 5 nitrogen and oxygen atoms in total. The first kappa shape index (κ1) is 14.0. The molecule has 2 rings (SSSR count). The molecule has 1 aliphatic heterocycles. The lowest BCUT2D eigenvalue weighted by Crippen LogP contribution is -2.36. The van der Waals surface area contributed by atoms with Crippen LogP contribution in [-0.2, 0) is 9.59 Å².